The van der Waals surface area contributed by atoms with Crippen LogP contribution in [0.1, 0.15) is 28.7 Å². The van der Waals surface area contributed by atoms with Gasteiger partial charge in [-0.1, -0.05) is 30.0 Å². The number of benzene rings is 2. The molecule has 1 heterocycles. The highest BCUT2D eigenvalue weighted by molar-refractivity contribution is 5.88. The summed E-state index contributed by atoms with van der Waals surface area (Å²) in [5.41, 5.74) is 5.55. The molecular formula is C22H19NO2. The Kier molecular flexibility index (Phi) is 4.26. The van der Waals surface area contributed by atoms with Crippen LogP contribution in [-0.2, 0) is 24.1 Å². The van der Waals surface area contributed by atoms with Crippen molar-refractivity contribution >= 4 is 16.9 Å². The van der Waals surface area contributed by atoms with Crippen LogP contribution in [0.2, 0.25) is 0 Å². The van der Waals surface area contributed by atoms with Crippen molar-refractivity contribution in [2.75, 3.05) is 6.54 Å². The van der Waals surface area contributed by atoms with Crippen molar-refractivity contribution in [2.45, 2.75) is 25.7 Å². The van der Waals surface area contributed by atoms with Crippen LogP contribution in [0, 0.1) is 11.8 Å². The summed E-state index contributed by atoms with van der Waals surface area (Å²) in [4.78, 5) is 12.2. The first-order valence-corrected chi connectivity index (χ1v) is 8.62. The van der Waals surface area contributed by atoms with Gasteiger partial charge >= 0.3 is 0 Å². The lowest BCUT2D eigenvalue weighted by Crippen LogP contribution is -2.25. The quantitative estimate of drug-likeness (QED) is 0.746. The van der Waals surface area contributed by atoms with Crippen molar-refractivity contribution in [3.05, 3.63) is 71.0 Å². The van der Waals surface area contributed by atoms with Crippen LogP contribution in [0.4, 0.5) is 0 Å². The number of fused-ring (bicyclic) bond motifs is 2. The first-order valence-electron chi connectivity index (χ1n) is 8.62. The predicted octanol–water partition coefficient (Wildman–Crippen LogP) is 3.63. The summed E-state index contributed by atoms with van der Waals surface area (Å²) < 4.78 is 5.65. The molecular weight excluding hydrogens is 310 g/mol. The highest BCUT2D eigenvalue weighted by atomic mass is 16.3. The Morgan fingerprint density at radius 2 is 1.92 bits per heavy atom. The number of amides is 1. The zero-order chi connectivity index (χ0) is 17.1. The van der Waals surface area contributed by atoms with Gasteiger partial charge < -0.3 is 9.73 Å². The second-order valence-electron chi connectivity index (χ2n) is 6.35. The number of rotatable bonds is 3. The molecule has 0 spiro atoms. The van der Waals surface area contributed by atoms with E-state index in [1.54, 1.807) is 6.26 Å². The van der Waals surface area contributed by atoms with Gasteiger partial charge in [0.1, 0.15) is 5.58 Å². The van der Waals surface area contributed by atoms with E-state index < -0.39 is 0 Å². The summed E-state index contributed by atoms with van der Waals surface area (Å²) >= 11 is 0. The molecule has 2 aromatic carbocycles. The molecule has 124 valence electrons. The summed E-state index contributed by atoms with van der Waals surface area (Å²) in [6.45, 7) is 0.346. The smallest absolute Gasteiger partial charge is 0.225 e. The fourth-order valence-electron chi connectivity index (χ4n) is 3.33. The minimum atomic E-state index is -0.0365. The average Bonchev–Trinajstić information content (AvgIpc) is 3.24. The summed E-state index contributed by atoms with van der Waals surface area (Å²) in [5, 5.41) is 3.92. The zero-order valence-electron chi connectivity index (χ0n) is 14.0. The number of carbonyl (C=O) groups is 1. The zero-order valence-corrected chi connectivity index (χ0v) is 14.0. The lowest BCUT2D eigenvalue weighted by atomic mass is 10.0. The van der Waals surface area contributed by atoms with Crippen molar-refractivity contribution in [1.82, 2.24) is 5.32 Å². The normalized spacial score (nSPS) is 12.5. The van der Waals surface area contributed by atoms with Crippen LogP contribution in [0.25, 0.3) is 11.0 Å². The molecule has 0 unspecified atom stereocenters. The summed E-state index contributed by atoms with van der Waals surface area (Å²) in [7, 11) is 0. The van der Waals surface area contributed by atoms with E-state index in [1.807, 2.05) is 30.3 Å². The van der Waals surface area contributed by atoms with Crippen LogP contribution < -0.4 is 5.32 Å². The Hall–Kier alpha value is -2.99. The maximum atomic E-state index is 12.2. The van der Waals surface area contributed by atoms with Gasteiger partial charge in [-0.05, 0) is 54.7 Å². The fourth-order valence-corrected chi connectivity index (χ4v) is 3.33. The highest BCUT2D eigenvalue weighted by Gasteiger charge is 2.16. The topological polar surface area (TPSA) is 42.2 Å². The van der Waals surface area contributed by atoms with E-state index in [2.05, 4.69) is 29.3 Å². The van der Waals surface area contributed by atoms with Gasteiger partial charge in [-0.15, -0.1) is 0 Å². The van der Waals surface area contributed by atoms with Gasteiger partial charge in [0.25, 0.3) is 0 Å². The summed E-state index contributed by atoms with van der Waals surface area (Å²) in [6, 6.07) is 14.1. The SMILES string of the molecule is O=C(Cc1coc2cc3c(cc12)CCC3)NCC#Cc1ccccc1. The van der Waals surface area contributed by atoms with Crippen molar-refractivity contribution in [2.24, 2.45) is 0 Å². The van der Waals surface area contributed by atoms with Gasteiger partial charge in [-0.25, -0.2) is 0 Å². The van der Waals surface area contributed by atoms with E-state index in [4.69, 9.17) is 4.42 Å². The molecule has 1 aromatic heterocycles. The minimum absolute atomic E-state index is 0.0365. The maximum absolute atomic E-state index is 12.2. The van der Waals surface area contributed by atoms with Gasteiger partial charge in [0.05, 0.1) is 19.2 Å². The average molecular weight is 329 g/mol. The predicted molar refractivity (Wildman–Crippen MR) is 98.3 cm³/mol. The number of hydrogen-bond acceptors (Lipinski definition) is 2. The number of furan rings is 1. The van der Waals surface area contributed by atoms with Crippen LogP contribution >= 0.6 is 0 Å². The van der Waals surface area contributed by atoms with E-state index in [9.17, 15) is 4.79 Å². The Labute approximate surface area is 147 Å². The first kappa shape index (κ1) is 15.5. The third-order valence-electron chi connectivity index (χ3n) is 4.60. The number of nitrogens with one attached hydrogen (secondary N) is 1. The molecule has 0 saturated carbocycles. The van der Waals surface area contributed by atoms with E-state index in [0.717, 1.165) is 34.9 Å². The maximum Gasteiger partial charge on any atom is 0.225 e. The second-order valence-corrected chi connectivity index (χ2v) is 6.35. The third-order valence-corrected chi connectivity index (χ3v) is 4.60. The monoisotopic (exact) mass is 329 g/mol. The molecule has 3 aromatic rings. The molecule has 1 aliphatic rings. The van der Waals surface area contributed by atoms with Crippen LogP contribution in [-0.4, -0.2) is 12.5 Å². The molecule has 0 radical (unpaired) electrons. The molecule has 0 saturated heterocycles. The van der Waals surface area contributed by atoms with Gasteiger partial charge in [-0.2, -0.15) is 0 Å². The Morgan fingerprint density at radius 3 is 2.76 bits per heavy atom. The molecule has 0 aliphatic heterocycles. The molecule has 1 amide bonds. The van der Waals surface area contributed by atoms with E-state index in [1.165, 1.54) is 17.5 Å². The Bertz CT molecular complexity index is 974. The Morgan fingerprint density at radius 1 is 1.12 bits per heavy atom. The lowest BCUT2D eigenvalue weighted by molar-refractivity contribution is -0.120. The van der Waals surface area contributed by atoms with E-state index >= 15 is 0 Å². The van der Waals surface area contributed by atoms with Crippen LogP contribution in [0.5, 0.6) is 0 Å². The number of carbonyl (C=O) groups excluding carboxylic acids is 1. The summed E-state index contributed by atoms with van der Waals surface area (Å²) in [6.07, 6.45) is 5.48. The lowest BCUT2D eigenvalue weighted by Gasteiger charge is -2.02. The van der Waals surface area contributed by atoms with Crippen LogP contribution in [0.3, 0.4) is 0 Å². The van der Waals surface area contributed by atoms with Crippen molar-refractivity contribution < 1.29 is 9.21 Å². The molecule has 3 nitrogen and oxygen atoms in total. The third kappa shape index (κ3) is 3.44. The summed E-state index contributed by atoms with van der Waals surface area (Å²) in [5.74, 6) is 5.97. The van der Waals surface area contributed by atoms with Gasteiger partial charge in [-0.3, -0.25) is 4.79 Å². The van der Waals surface area contributed by atoms with Crippen molar-refractivity contribution in [3.8, 4) is 11.8 Å². The van der Waals surface area contributed by atoms with Gasteiger partial charge in [0.2, 0.25) is 5.91 Å². The molecule has 0 fully saturated rings. The minimum Gasteiger partial charge on any atom is -0.464 e. The van der Waals surface area contributed by atoms with Crippen molar-refractivity contribution in [3.63, 3.8) is 0 Å². The molecule has 0 atom stereocenters. The van der Waals surface area contributed by atoms with Crippen LogP contribution in [0.15, 0.2) is 53.1 Å². The van der Waals surface area contributed by atoms with Gasteiger partial charge in [0.15, 0.2) is 0 Å². The standard InChI is InChI=1S/C22H19NO2/c24-22(23-11-5-8-16-6-2-1-3-7-16)14-19-15-25-21-13-18-10-4-9-17(18)12-20(19)21/h1-3,6-7,12-13,15H,4,9-11,14H2,(H,23,24). The molecule has 4 rings (SSSR count). The second kappa shape index (κ2) is 6.86. The first-order chi connectivity index (χ1) is 12.3. The van der Waals surface area contributed by atoms with E-state index in [0.29, 0.717) is 13.0 Å². The molecule has 1 N–H and O–H groups in total. The van der Waals surface area contributed by atoms with Crippen molar-refractivity contribution in [1.29, 1.82) is 0 Å². The molecule has 3 heteroatoms. The Balaban J connectivity index is 1.40. The number of hydrogen-bond donors (Lipinski definition) is 1. The molecule has 1 aliphatic carbocycles. The fraction of sp³-hybridized carbons (Fsp3) is 0.227. The highest BCUT2D eigenvalue weighted by Crippen LogP contribution is 2.30. The largest absolute Gasteiger partial charge is 0.464 e. The molecule has 0 bridgehead atoms. The number of aryl methyl sites for hydroxylation is 2. The van der Waals surface area contributed by atoms with E-state index in [-0.39, 0.29) is 5.91 Å². The molecule has 25 heavy (non-hydrogen) atoms. The van der Waals surface area contributed by atoms with Gasteiger partial charge in [0, 0.05) is 16.5 Å².